The lowest BCUT2D eigenvalue weighted by molar-refractivity contribution is -0.444. The van der Waals surface area contributed by atoms with Gasteiger partial charge < -0.3 is 0 Å². The molecule has 0 N–H and O–H groups in total. The SMILES string of the molecule is [N-]=[N+]=NC(=O)OOOC(=O)N=[N+]=[N-]. The largest absolute Gasteiger partial charge is 0.435 e. The third-order valence-corrected chi connectivity index (χ3v) is 0.463. The maximum absolute atomic E-state index is 10.1. The summed E-state index contributed by atoms with van der Waals surface area (Å²) in [5, 5.41) is 8.17. The number of carbonyl (C=O) groups is 2. The maximum Gasteiger partial charge on any atom is 0.435 e. The number of amides is 2. The summed E-state index contributed by atoms with van der Waals surface area (Å²) in [6, 6.07) is 0. The summed E-state index contributed by atoms with van der Waals surface area (Å²) in [4.78, 5) is 31.3. The topological polar surface area (TPSA) is 159 Å². The standard InChI is InChI=1S/C2N6O5/c3-7-5-1(9)11-13-12-2(10)6-8-4. The summed E-state index contributed by atoms with van der Waals surface area (Å²) < 4.78 is 0. The minimum atomic E-state index is -1.48. The average molecular weight is 188 g/mol. The van der Waals surface area contributed by atoms with E-state index in [4.69, 9.17) is 11.1 Å². The van der Waals surface area contributed by atoms with Gasteiger partial charge in [-0.25, -0.2) is 9.59 Å². The zero-order valence-corrected chi connectivity index (χ0v) is 5.72. The van der Waals surface area contributed by atoms with Gasteiger partial charge in [-0.1, -0.05) is 0 Å². The van der Waals surface area contributed by atoms with Gasteiger partial charge >= 0.3 is 12.2 Å². The first kappa shape index (κ1) is 10.5. The molecule has 0 aliphatic heterocycles. The Kier molecular flexibility index (Phi) is 5.05. The van der Waals surface area contributed by atoms with Gasteiger partial charge in [0, 0.05) is 25.1 Å². The van der Waals surface area contributed by atoms with Crippen molar-refractivity contribution >= 4 is 12.2 Å². The van der Waals surface area contributed by atoms with E-state index in [0.717, 1.165) is 0 Å². The molecule has 0 spiro atoms. The molecule has 0 atom stereocenters. The first-order chi connectivity index (χ1) is 6.20. The third kappa shape index (κ3) is 5.94. The minimum Gasteiger partial charge on any atom is -0.252 e. The molecule has 0 saturated heterocycles. The highest BCUT2D eigenvalue weighted by Crippen LogP contribution is 1.90. The fourth-order valence-corrected chi connectivity index (χ4v) is 0.182. The summed E-state index contributed by atoms with van der Waals surface area (Å²) in [6.45, 7) is 0. The van der Waals surface area contributed by atoms with Crippen LogP contribution >= 0.6 is 0 Å². The second-order valence-corrected chi connectivity index (χ2v) is 1.15. The normalized spacial score (nSPS) is 7.38. The maximum atomic E-state index is 10.1. The molecule has 0 bridgehead atoms. The molecule has 0 heterocycles. The lowest BCUT2D eigenvalue weighted by Gasteiger charge is -1.94. The molecular weight excluding hydrogens is 188 g/mol. The van der Waals surface area contributed by atoms with Gasteiger partial charge in [-0.3, -0.25) is 9.78 Å². The monoisotopic (exact) mass is 188 g/mol. The number of azide groups is 2. The van der Waals surface area contributed by atoms with Crippen LogP contribution in [0.3, 0.4) is 0 Å². The van der Waals surface area contributed by atoms with Crippen LogP contribution in [0.1, 0.15) is 0 Å². The van der Waals surface area contributed by atoms with Crippen molar-refractivity contribution in [2.24, 2.45) is 10.2 Å². The van der Waals surface area contributed by atoms with E-state index in [1.165, 1.54) is 0 Å². The van der Waals surface area contributed by atoms with E-state index in [9.17, 15) is 9.59 Å². The molecule has 68 valence electrons. The minimum absolute atomic E-state index is 1.48. The Morgan fingerprint density at radius 1 is 1.00 bits per heavy atom. The van der Waals surface area contributed by atoms with Crippen LogP contribution in [0.25, 0.3) is 20.9 Å². The van der Waals surface area contributed by atoms with Gasteiger partial charge in [-0.15, -0.1) is 0 Å². The Hall–Kier alpha value is -2.48. The van der Waals surface area contributed by atoms with Gasteiger partial charge in [0.05, 0.1) is 0 Å². The fourth-order valence-electron chi connectivity index (χ4n) is 0.182. The molecule has 0 aromatic carbocycles. The Morgan fingerprint density at radius 2 is 1.38 bits per heavy atom. The first-order valence-corrected chi connectivity index (χ1v) is 2.40. The van der Waals surface area contributed by atoms with Crippen LogP contribution in [0.5, 0.6) is 0 Å². The summed E-state index contributed by atoms with van der Waals surface area (Å²) in [5.41, 5.74) is 15.3. The third-order valence-electron chi connectivity index (χ3n) is 0.463. The molecule has 11 nitrogen and oxygen atoms in total. The molecule has 2 amide bonds. The molecule has 0 aliphatic carbocycles. The molecule has 0 aromatic heterocycles. The fraction of sp³-hybridized carbons (Fsp3) is 0. The van der Waals surface area contributed by atoms with E-state index in [1.54, 1.807) is 0 Å². The van der Waals surface area contributed by atoms with Gasteiger partial charge in [-0.2, -0.15) is 0 Å². The van der Waals surface area contributed by atoms with Gasteiger partial charge in [0.15, 0.2) is 0 Å². The Morgan fingerprint density at radius 3 is 1.69 bits per heavy atom. The molecule has 0 radical (unpaired) electrons. The Labute approximate surface area is 68.9 Å². The molecule has 0 unspecified atom stereocenters. The van der Waals surface area contributed by atoms with Crippen molar-refractivity contribution in [1.82, 2.24) is 0 Å². The van der Waals surface area contributed by atoms with E-state index >= 15 is 0 Å². The van der Waals surface area contributed by atoms with Gasteiger partial charge in [0.2, 0.25) is 0 Å². The summed E-state index contributed by atoms with van der Waals surface area (Å²) in [5.74, 6) is 0. The second kappa shape index (κ2) is 6.24. The van der Waals surface area contributed by atoms with Crippen molar-refractivity contribution < 1.29 is 24.4 Å². The summed E-state index contributed by atoms with van der Waals surface area (Å²) >= 11 is 0. The van der Waals surface area contributed by atoms with Crippen LogP contribution in [0.4, 0.5) is 9.59 Å². The summed E-state index contributed by atoms with van der Waals surface area (Å²) in [7, 11) is 0. The molecule has 0 saturated carbocycles. The quantitative estimate of drug-likeness (QED) is 0.211. The zero-order chi connectivity index (χ0) is 10.1. The number of nitrogens with zero attached hydrogens (tertiary/aromatic N) is 6. The van der Waals surface area contributed by atoms with Crippen molar-refractivity contribution in [2.45, 2.75) is 0 Å². The lowest BCUT2D eigenvalue weighted by atomic mass is 11.3. The smallest absolute Gasteiger partial charge is 0.252 e. The van der Waals surface area contributed by atoms with Crippen molar-refractivity contribution in [3.05, 3.63) is 20.9 Å². The van der Waals surface area contributed by atoms with E-state index in [0.29, 0.717) is 0 Å². The Bertz CT molecular complexity index is 268. The van der Waals surface area contributed by atoms with Gasteiger partial charge in [0.1, 0.15) is 0 Å². The zero-order valence-electron chi connectivity index (χ0n) is 5.72. The molecule has 13 heavy (non-hydrogen) atoms. The average Bonchev–Trinajstić information content (AvgIpc) is 2.05. The molecule has 11 heteroatoms. The predicted molar refractivity (Wildman–Crippen MR) is 32.3 cm³/mol. The van der Waals surface area contributed by atoms with E-state index < -0.39 is 12.2 Å². The van der Waals surface area contributed by atoms with Crippen molar-refractivity contribution in [3.63, 3.8) is 0 Å². The molecule has 0 aromatic rings. The number of hydrogen-bond acceptors (Lipinski definition) is 5. The van der Waals surface area contributed by atoms with Crippen LogP contribution < -0.4 is 0 Å². The lowest BCUT2D eigenvalue weighted by Crippen LogP contribution is -2.03. The first-order valence-electron chi connectivity index (χ1n) is 2.40. The number of carbonyl (C=O) groups excluding carboxylic acids is 2. The summed E-state index contributed by atoms with van der Waals surface area (Å²) in [6.07, 6.45) is -2.95. The van der Waals surface area contributed by atoms with Crippen LogP contribution in [-0.2, 0) is 14.8 Å². The molecule has 0 rings (SSSR count). The van der Waals surface area contributed by atoms with Crippen molar-refractivity contribution in [1.29, 1.82) is 0 Å². The Balaban J connectivity index is 3.68. The highest BCUT2D eigenvalue weighted by atomic mass is 17.5. The number of rotatable bonds is 2. The van der Waals surface area contributed by atoms with Crippen molar-refractivity contribution in [3.8, 4) is 0 Å². The number of hydrogen-bond donors (Lipinski definition) is 0. The van der Waals surface area contributed by atoms with E-state index in [1.807, 2.05) is 9.82 Å². The highest BCUT2D eigenvalue weighted by molar-refractivity contribution is 5.68. The second-order valence-electron chi connectivity index (χ2n) is 1.15. The van der Waals surface area contributed by atoms with Crippen LogP contribution in [-0.4, -0.2) is 12.2 Å². The highest BCUT2D eigenvalue weighted by Gasteiger charge is 2.03. The van der Waals surface area contributed by atoms with Gasteiger partial charge in [0.25, 0.3) is 0 Å². The van der Waals surface area contributed by atoms with E-state index in [2.05, 4.69) is 25.0 Å². The van der Waals surface area contributed by atoms with Crippen molar-refractivity contribution in [2.75, 3.05) is 0 Å². The molecule has 0 aliphatic rings. The molecular formula is C2N6O5. The molecule has 0 fully saturated rings. The predicted octanol–water partition coefficient (Wildman–Crippen LogP) is 1.73. The van der Waals surface area contributed by atoms with Gasteiger partial charge in [-0.05, 0) is 11.1 Å². The van der Waals surface area contributed by atoms with Crippen LogP contribution in [0, 0.1) is 0 Å². The van der Waals surface area contributed by atoms with Crippen LogP contribution in [0.2, 0.25) is 0 Å². The van der Waals surface area contributed by atoms with Crippen LogP contribution in [0.15, 0.2) is 10.2 Å². The van der Waals surface area contributed by atoms with E-state index in [-0.39, 0.29) is 0 Å².